The van der Waals surface area contributed by atoms with Gasteiger partial charge in [0.05, 0.1) is 5.41 Å². The lowest BCUT2D eigenvalue weighted by atomic mass is 9.82. The third-order valence-corrected chi connectivity index (χ3v) is 4.67. The van der Waals surface area contributed by atoms with Crippen molar-refractivity contribution < 1.29 is 19.4 Å². The van der Waals surface area contributed by atoms with Crippen LogP contribution < -0.4 is 5.32 Å². The molecule has 0 bridgehead atoms. The number of aliphatic carboxylic acids is 1. The minimum Gasteiger partial charge on any atom is -0.481 e. The molecule has 0 radical (unpaired) electrons. The molecule has 23 heavy (non-hydrogen) atoms. The molecule has 0 heterocycles. The molecular formula is C18H25NO4. The van der Waals surface area contributed by atoms with Crippen LogP contribution in [0.3, 0.4) is 0 Å². The van der Waals surface area contributed by atoms with Gasteiger partial charge in [0.2, 0.25) is 5.91 Å². The summed E-state index contributed by atoms with van der Waals surface area (Å²) >= 11 is 0. The van der Waals surface area contributed by atoms with E-state index in [1.807, 2.05) is 24.3 Å². The lowest BCUT2D eigenvalue weighted by molar-refractivity contribution is -0.137. The third-order valence-electron chi connectivity index (χ3n) is 4.67. The van der Waals surface area contributed by atoms with Gasteiger partial charge in [-0.1, -0.05) is 25.0 Å². The van der Waals surface area contributed by atoms with Crippen molar-refractivity contribution in [2.75, 3.05) is 19.0 Å². The summed E-state index contributed by atoms with van der Waals surface area (Å²) in [5.41, 5.74) is 1.41. The summed E-state index contributed by atoms with van der Waals surface area (Å²) in [7, 11) is 1.66. The van der Waals surface area contributed by atoms with Crippen molar-refractivity contribution in [2.45, 2.75) is 44.9 Å². The summed E-state index contributed by atoms with van der Waals surface area (Å²) in [5, 5.41) is 11.7. The van der Waals surface area contributed by atoms with Gasteiger partial charge in [-0.25, -0.2) is 0 Å². The summed E-state index contributed by atoms with van der Waals surface area (Å²) in [5.74, 6) is -0.728. The standard InChI is InChI=1S/C18H25NO4/c1-23-13-12-18(10-2-3-11-18)17(22)19-15-7-4-14(5-8-15)6-9-16(20)21/h4-5,7-8H,2-3,6,9-13H2,1H3,(H,19,22)(H,20,21). The minimum absolute atomic E-state index is 0.0744. The number of amides is 1. The summed E-state index contributed by atoms with van der Waals surface area (Å²) in [6.45, 7) is 0.599. The Morgan fingerprint density at radius 2 is 1.87 bits per heavy atom. The predicted molar refractivity (Wildman–Crippen MR) is 88.4 cm³/mol. The fourth-order valence-corrected chi connectivity index (χ4v) is 3.21. The number of benzene rings is 1. The molecule has 1 aromatic carbocycles. The molecule has 1 saturated carbocycles. The Morgan fingerprint density at radius 3 is 2.43 bits per heavy atom. The van der Waals surface area contributed by atoms with E-state index in [2.05, 4.69) is 5.32 Å². The van der Waals surface area contributed by atoms with Crippen molar-refractivity contribution in [3.8, 4) is 0 Å². The first-order valence-electron chi connectivity index (χ1n) is 8.17. The van der Waals surface area contributed by atoms with E-state index in [9.17, 15) is 9.59 Å². The van der Waals surface area contributed by atoms with Crippen LogP contribution in [0.2, 0.25) is 0 Å². The lowest BCUT2D eigenvalue weighted by Gasteiger charge is -2.27. The third kappa shape index (κ3) is 4.79. The molecule has 0 aliphatic heterocycles. The number of anilines is 1. The van der Waals surface area contributed by atoms with Crippen LogP contribution in [0, 0.1) is 5.41 Å². The summed E-state index contributed by atoms with van der Waals surface area (Å²) in [6, 6.07) is 7.42. The van der Waals surface area contributed by atoms with Gasteiger partial charge in [0.1, 0.15) is 0 Å². The summed E-state index contributed by atoms with van der Waals surface area (Å²) in [6.07, 6.45) is 5.38. The molecule has 1 amide bonds. The number of carboxylic acids is 1. The minimum atomic E-state index is -0.802. The topological polar surface area (TPSA) is 75.6 Å². The smallest absolute Gasteiger partial charge is 0.303 e. The molecule has 0 unspecified atom stereocenters. The first kappa shape index (κ1) is 17.5. The van der Waals surface area contributed by atoms with Crippen molar-refractivity contribution in [1.82, 2.24) is 0 Å². The van der Waals surface area contributed by atoms with Crippen LogP contribution in [0.4, 0.5) is 5.69 Å². The van der Waals surface area contributed by atoms with Crippen LogP contribution >= 0.6 is 0 Å². The van der Waals surface area contributed by atoms with Gasteiger partial charge in [-0.05, 0) is 43.4 Å². The predicted octanol–water partition coefficient (Wildman–Crippen LogP) is 3.24. The second kappa shape index (κ2) is 8.11. The molecule has 1 aliphatic rings. The number of ether oxygens (including phenoxy) is 1. The van der Waals surface area contributed by atoms with Crippen molar-refractivity contribution in [3.63, 3.8) is 0 Å². The van der Waals surface area contributed by atoms with Crippen LogP contribution in [0.1, 0.15) is 44.1 Å². The van der Waals surface area contributed by atoms with E-state index in [-0.39, 0.29) is 17.7 Å². The fourth-order valence-electron chi connectivity index (χ4n) is 3.21. The van der Waals surface area contributed by atoms with E-state index < -0.39 is 5.97 Å². The van der Waals surface area contributed by atoms with Crippen LogP contribution in [0.25, 0.3) is 0 Å². The highest BCUT2D eigenvalue weighted by Gasteiger charge is 2.40. The second-order valence-electron chi connectivity index (χ2n) is 6.28. The second-order valence-corrected chi connectivity index (χ2v) is 6.28. The van der Waals surface area contributed by atoms with Crippen molar-refractivity contribution >= 4 is 17.6 Å². The van der Waals surface area contributed by atoms with Crippen molar-refractivity contribution in [3.05, 3.63) is 29.8 Å². The molecule has 5 heteroatoms. The van der Waals surface area contributed by atoms with Crippen LogP contribution in [-0.2, 0) is 20.7 Å². The number of aryl methyl sites for hydroxylation is 1. The molecule has 0 atom stereocenters. The van der Waals surface area contributed by atoms with E-state index in [4.69, 9.17) is 9.84 Å². The average molecular weight is 319 g/mol. The monoisotopic (exact) mass is 319 g/mol. The highest BCUT2D eigenvalue weighted by molar-refractivity contribution is 5.95. The van der Waals surface area contributed by atoms with Crippen molar-refractivity contribution in [2.24, 2.45) is 5.41 Å². The number of hydrogen-bond donors (Lipinski definition) is 2. The zero-order valence-corrected chi connectivity index (χ0v) is 13.6. The van der Waals surface area contributed by atoms with Gasteiger partial charge >= 0.3 is 5.97 Å². The number of carbonyl (C=O) groups is 2. The zero-order chi connectivity index (χ0) is 16.7. The maximum atomic E-state index is 12.7. The Morgan fingerprint density at radius 1 is 1.22 bits per heavy atom. The van der Waals surface area contributed by atoms with Crippen LogP contribution in [-0.4, -0.2) is 30.7 Å². The Labute approximate surface area is 137 Å². The Balaban J connectivity index is 1.97. The average Bonchev–Trinajstić information content (AvgIpc) is 3.02. The van der Waals surface area contributed by atoms with Gasteiger partial charge in [-0.15, -0.1) is 0 Å². The first-order chi connectivity index (χ1) is 11.1. The molecule has 2 rings (SSSR count). The Bertz CT molecular complexity index is 532. The maximum absolute atomic E-state index is 12.7. The van der Waals surface area contributed by atoms with E-state index in [0.29, 0.717) is 13.0 Å². The number of carbonyl (C=O) groups excluding carboxylic acids is 1. The SMILES string of the molecule is COCCC1(C(=O)Nc2ccc(CCC(=O)O)cc2)CCCC1. The number of nitrogens with one attached hydrogen (secondary N) is 1. The molecule has 1 fully saturated rings. The first-order valence-corrected chi connectivity index (χ1v) is 8.17. The normalized spacial score (nSPS) is 16.2. The molecule has 126 valence electrons. The van der Waals surface area contributed by atoms with Gasteiger partial charge in [0, 0.05) is 25.8 Å². The van der Waals surface area contributed by atoms with Gasteiger partial charge in [-0.2, -0.15) is 0 Å². The summed E-state index contributed by atoms with van der Waals surface area (Å²) < 4.78 is 5.16. The van der Waals surface area contributed by atoms with E-state index in [0.717, 1.165) is 43.4 Å². The van der Waals surface area contributed by atoms with Gasteiger partial charge in [0.15, 0.2) is 0 Å². The van der Waals surface area contributed by atoms with Crippen LogP contribution in [0.15, 0.2) is 24.3 Å². The lowest BCUT2D eigenvalue weighted by Crippen LogP contribution is -2.34. The van der Waals surface area contributed by atoms with Crippen LogP contribution in [0.5, 0.6) is 0 Å². The number of carboxylic acid groups (broad SMARTS) is 1. The molecule has 0 aromatic heterocycles. The molecular weight excluding hydrogens is 294 g/mol. The molecule has 1 aliphatic carbocycles. The Kier molecular flexibility index (Phi) is 6.16. The molecule has 1 aromatic rings. The quantitative estimate of drug-likeness (QED) is 0.771. The maximum Gasteiger partial charge on any atom is 0.303 e. The highest BCUT2D eigenvalue weighted by atomic mass is 16.5. The fraction of sp³-hybridized carbons (Fsp3) is 0.556. The van der Waals surface area contributed by atoms with E-state index in [1.165, 1.54) is 0 Å². The number of rotatable bonds is 8. The molecule has 0 saturated heterocycles. The largest absolute Gasteiger partial charge is 0.481 e. The van der Waals surface area contributed by atoms with Crippen molar-refractivity contribution in [1.29, 1.82) is 0 Å². The van der Waals surface area contributed by atoms with E-state index in [1.54, 1.807) is 7.11 Å². The molecule has 2 N–H and O–H groups in total. The van der Waals surface area contributed by atoms with Gasteiger partial charge in [-0.3, -0.25) is 9.59 Å². The van der Waals surface area contributed by atoms with E-state index >= 15 is 0 Å². The Hall–Kier alpha value is -1.88. The highest BCUT2D eigenvalue weighted by Crippen LogP contribution is 2.42. The zero-order valence-electron chi connectivity index (χ0n) is 13.6. The summed E-state index contributed by atoms with van der Waals surface area (Å²) in [4.78, 5) is 23.3. The van der Waals surface area contributed by atoms with Gasteiger partial charge < -0.3 is 15.2 Å². The number of methoxy groups -OCH3 is 1. The molecule has 0 spiro atoms. The van der Waals surface area contributed by atoms with Gasteiger partial charge in [0.25, 0.3) is 0 Å². The number of hydrogen-bond acceptors (Lipinski definition) is 3. The molecule has 5 nitrogen and oxygen atoms in total.